The Morgan fingerprint density at radius 1 is 1.21 bits per heavy atom. The van der Waals surface area contributed by atoms with E-state index < -0.39 is 0 Å². The molecule has 4 rings (SSSR count). The Kier molecular flexibility index (Phi) is 3.90. The topological polar surface area (TPSA) is 52.3 Å². The molecule has 0 atom stereocenters. The van der Waals surface area contributed by atoms with Crippen LogP contribution in [0.2, 0.25) is 0 Å². The monoisotopic (exact) mass is 356 g/mol. The summed E-state index contributed by atoms with van der Waals surface area (Å²) in [5, 5.41) is 13.9. The molecule has 3 aromatic heterocycles. The van der Waals surface area contributed by atoms with E-state index in [-0.39, 0.29) is 0 Å². The highest BCUT2D eigenvalue weighted by molar-refractivity contribution is 7.98. The van der Waals surface area contributed by atoms with Crippen LogP contribution >= 0.6 is 23.1 Å². The van der Waals surface area contributed by atoms with Crippen LogP contribution in [-0.2, 0) is 5.75 Å². The maximum atomic E-state index is 5.39. The normalized spacial score (nSPS) is 11.5. The average Bonchev–Trinajstić information content (AvgIpc) is 3.18. The lowest BCUT2D eigenvalue weighted by molar-refractivity contribution is 0.415. The molecule has 0 aliphatic rings. The summed E-state index contributed by atoms with van der Waals surface area (Å²) < 4.78 is 7.48. The highest BCUT2D eigenvalue weighted by Crippen LogP contribution is 2.29. The lowest BCUT2D eigenvalue weighted by atomic mass is 10.1. The third kappa shape index (κ3) is 2.63. The van der Waals surface area contributed by atoms with Crippen LogP contribution < -0.4 is 4.74 Å². The highest BCUT2D eigenvalue weighted by atomic mass is 32.2. The minimum Gasteiger partial charge on any atom is -0.497 e. The van der Waals surface area contributed by atoms with Gasteiger partial charge in [0.25, 0.3) is 0 Å². The molecule has 122 valence electrons. The van der Waals surface area contributed by atoms with E-state index in [1.165, 1.54) is 10.9 Å². The van der Waals surface area contributed by atoms with Crippen LogP contribution in [0.15, 0.2) is 34.8 Å². The lowest BCUT2D eigenvalue weighted by Gasteiger charge is -2.09. The van der Waals surface area contributed by atoms with Gasteiger partial charge in [-0.1, -0.05) is 11.8 Å². The van der Waals surface area contributed by atoms with Crippen molar-refractivity contribution in [1.29, 1.82) is 0 Å². The molecule has 0 fully saturated rings. The van der Waals surface area contributed by atoms with E-state index in [4.69, 9.17) is 4.74 Å². The van der Waals surface area contributed by atoms with Crippen molar-refractivity contribution in [3.8, 4) is 5.75 Å². The van der Waals surface area contributed by atoms with Gasteiger partial charge in [-0.25, -0.2) is 4.98 Å². The van der Waals surface area contributed by atoms with Gasteiger partial charge in [0, 0.05) is 22.6 Å². The van der Waals surface area contributed by atoms with Crippen LogP contribution in [0.4, 0.5) is 0 Å². The lowest BCUT2D eigenvalue weighted by Crippen LogP contribution is -1.95. The predicted molar refractivity (Wildman–Crippen MR) is 98.2 cm³/mol. The van der Waals surface area contributed by atoms with Gasteiger partial charge in [-0.3, -0.25) is 4.40 Å². The molecule has 5 nitrogen and oxygen atoms in total. The van der Waals surface area contributed by atoms with Crippen LogP contribution in [0.3, 0.4) is 0 Å². The molecule has 4 aromatic rings. The van der Waals surface area contributed by atoms with Crippen molar-refractivity contribution in [2.45, 2.75) is 24.8 Å². The first kappa shape index (κ1) is 15.4. The van der Waals surface area contributed by atoms with Crippen molar-refractivity contribution in [2.75, 3.05) is 7.11 Å². The molecule has 1 aromatic carbocycles. The summed E-state index contributed by atoms with van der Waals surface area (Å²) >= 11 is 3.32. The largest absolute Gasteiger partial charge is 0.497 e. The number of pyridine rings is 1. The number of aromatic nitrogens is 4. The maximum Gasteiger partial charge on any atom is 0.196 e. The number of ether oxygens (including phenoxy) is 1. The molecule has 3 heterocycles. The summed E-state index contributed by atoms with van der Waals surface area (Å²) in [5.41, 5.74) is 4.17. The van der Waals surface area contributed by atoms with Crippen molar-refractivity contribution in [2.24, 2.45) is 0 Å². The van der Waals surface area contributed by atoms with Gasteiger partial charge in [0.15, 0.2) is 10.8 Å². The van der Waals surface area contributed by atoms with Gasteiger partial charge in [-0.05, 0) is 37.6 Å². The standard InChI is InChI=1S/C17H16N4OS2/c1-10-6-16-19-20-17(24-9-12-8-23-11(2)18-12)21(16)15-7-13(22-3)4-5-14(10)15/h4-8H,9H2,1-3H3. The van der Waals surface area contributed by atoms with Crippen molar-refractivity contribution in [3.63, 3.8) is 0 Å². The Bertz CT molecular complexity index is 1040. The van der Waals surface area contributed by atoms with E-state index in [0.29, 0.717) is 0 Å². The smallest absolute Gasteiger partial charge is 0.196 e. The first-order valence-electron chi connectivity index (χ1n) is 7.52. The van der Waals surface area contributed by atoms with Gasteiger partial charge in [0.1, 0.15) is 5.75 Å². The van der Waals surface area contributed by atoms with Crippen molar-refractivity contribution >= 4 is 39.6 Å². The van der Waals surface area contributed by atoms with Gasteiger partial charge >= 0.3 is 0 Å². The van der Waals surface area contributed by atoms with Gasteiger partial charge in [-0.15, -0.1) is 21.5 Å². The number of methoxy groups -OCH3 is 1. The van der Waals surface area contributed by atoms with Crippen LogP contribution in [0.5, 0.6) is 5.75 Å². The summed E-state index contributed by atoms with van der Waals surface area (Å²) in [5.74, 6) is 1.61. The summed E-state index contributed by atoms with van der Waals surface area (Å²) in [7, 11) is 1.68. The molecule has 0 saturated carbocycles. The second kappa shape index (κ2) is 6.07. The zero-order valence-corrected chi connectivity index (χ0v) is 15.2. The molecule has 0 saturated heterocycles. The van der Waals surface area contributed by atoms with Gasteiger partial charge in [-0.2, -0.15) is 0 Å². The number of nitrogens with zero attached hydrogens (tertiary/aromatic N) is 4. The fraction of sp³-hybridized carbons (Fsp3) is 0.235. The van der Waals surface area contributed by atoms with E-state index in [1.807, 2.05) is 19.1 Å². The number of aryl methyl sites for hydroxylation is 2. The molecular weight excluding hydrogens is 340 g/mol. The molecule has 24 heavy (non-hydrogen) atoms. The number of benzene rings is 1. The quantitative estimate of drug-likeness (QED) is 0.512. The highest BCUT2D eigenvalue weighted by Gasteiger charge is 2.13. The maximum absolute atomic E-state index is 5.39. The molecule has 0 aliphatic heterocycles. The molecule has 0 unspecified atom stereocenters. The number of hydrogen-bond acceptors (Lipinski definition) is 6. The van der Waals surface area contributed by atoms with Crippen molar-refractivity contribution in [1.82, 2.24) is 19.6 Å². The first-order valence-corrected chi connectivity index (χ1v) is 9.38. The molecule has 0 amide bonds. The Morgan fingerprint density at radius 3 is 2.83 bits per heavy atom. The third-order valence-electron chi connectivity index (χ3n) is 3.89. The molecule has 7 heteroatoms. The van der Waals surface area contributed by atoms with E-state index in [1.54, 1.807) is 30.2 Å². The zero-order chi connectivity index (χ0) is 16.7. The Labute approximate surface area is 147 Å². The van der Waals surface area contributed by atoms with Gasteiger partial charge in [0.2, 0.25) is 0 Å². The summed E-state index contributed by atoms with van der Waals surface area (Å²) in [4.78, 5) is 4.51. The molecule has 0 N–H and O–H groups in total. The minimum absolute atomic E-state index is 0.782. The van der Waals surface area contributed by atoms with E-state index in [2.05, 4.69) is 44.0 Å². The second-order valence-electron chi connectivity index (χ2n) is 5.53. The molecule has 0 radical (unpaired) electrons. The Balaban J connectivity index is 1.82. The SMILES string of the molecule is COc1ccc2c(C)cc3nnc(SCc4csc(C)n4)n3c2c1. The third-order valence-corrected chi connectivity index (χ3v) is 5.68. The van der Waals surface area contributed by atoms with E-state index in [0.717, 1.165) is 38.5 Å². The second-order valence-corrected chi connectivity index (χ2v) is 7.54. The number of rotatable bonds is 4. The summed E-state index contributed by atoms with van der Waals surface area (Å²) in [6, 6.07) is 8.17. The van der Waals surface area contributed by atoms with E-state index >= 15 is 0 Å². The number of thiazole rings is 1. The predicted octanol–water partition coefficient (Wildman–Crippen LogP) is 4.26. The van der Waals surface area contributed by atoms with Crippen LogP contribution in [0.1, 0.15) is 16.3 Å². The summed E-state index contributed by atoms with van der Waals surface area (Å²) in [6.07, 6.45) is 0. The fourth-order valence-electron chi connectivity index (χ4n) is 2.74. The molecule has 0 spiro atoms. The van der Waals surface area contributed by atoms with Crippen molar-refractivity contribution in [3.05, 3.63) is 45.9 Å². The van der Waals surface area contributed by atoms with Crippen LogP contribution in [0.25, 0.3) is 16.6 Å². The van der Waals surface area contributed by atoms with Gasteiger partial charge < -0.3 is 4.74 Å². The molecule has 0 aliphatic carbocycles. The molecule has 0 bridgehead atoms. The number of fused-ring (bicyclic) bond motifs is 3. The summed E-state index contributed by atoms with van der Waals surface area (Å²) in [6.45, 7) is 4.11. The number of thioether (sulfide) groups is 1. The van der Waals surface area contributed by atoms with Crippen LogP contribution in [-0.4, -0.2) is 26.7 Å². The van der Waals surface area contributed by atoms with E-state index in [9.17, 15) is 0 Å². The average molecular weight is 356 g/mol. The first-order chi connectivity index (χ1) is 11.7. The van der Waals surface area contributed by atoms with Crippen LogP contribution in [0, 0.1) is 13.8 Å². The molecular formula is C17H16N4OS2. The van der Waals surface area contributed by atoms with Crippen molar-refractivity contribution < 1.29 is 4.74 Å². The zero-order valence-electron chi connectivity index (χ0n) is 13.6. The number of hydrogen-bond donors (Lipinski definition) is 0. The Morgan fingerprint density at radius 2 is 2.08 bits per heavy atom. The fourth-order valence-corrected chi connectivity index (χ4v) is 4.30. The minimum atomic E-state index is 0.782. The van der Waals surface area contributed by atoms with Gasteiger partial charge in [0.05, 0.1) is 23.3 Å². The Hall–Kier alpha value is -2.12.